The lowest BCUT2D eigenvalue weighted by molar-refractivity contribution is 0.618. The van der Waals surface area contributed by atoms with Crippen LogP contribution in [0.25, 0.3) is 6.08 Å². The molecule has 0 amide bonds. The molecule has 0 unspecified atom stereocenters. The summed E-state index contributed by atoms with van der Waals surface area (Å²) < 4.78 is 13.4. The normalized spacial score (nSPS) is 12.2. The zero-order valence-electron chi connectivity index (χ0n) is 11.2. The number of nitrogens with one attached hydrogen (secondary N) is 1. The van der Waals surface area contributed by atoms with Crippen LogP contribution in [-0.4, -0.2) is 13.1 Å². The van der Waals surface area contributed by atoms with Gasteiger partial charge in [0.25, 0.3) is 0 Å². The van der Waals surface area contributed by atoms with Crippen LogP contribution in [0.5, 0.6) is 0 Å². The number of halogens is 1. The molecule has 0 radical (unpaired) electrons. The van der Waals surface area contributed by atoms with E-state index in [4.69, 9.17) is 0 Å². The van der Waals surface area contributed by atoms with Gasteiger partial charge in [-0.15, -0.1) is 0 Å². The number of likely N-dealkylation sites (N-methyl/N-ethyl adjacent to an activating group) is 1. The van der Waals surface area contributed by atoms with E-state index >= 15 is 0 Å². The summed E-state index contributed by atoms with van der Waals surface area (Å²) in [6, 6.07) is 5.39. The lowest BCUT2D eigenvalue weighted by Gasteiger charge is -2.12. The van der Waals surface area contributed by atoms with E-state index in [-0.39, 0.29) is 5.82 Å². The van der Waals surface area contributed by atoms with Gasteiger partial charge in [-0.2, -0.15) is 0 Å². The van der Waals surface area contributed by atoms with Crippen LogP contribution in [0.2, 0.25) is 0 Å². The third-order valence-electron chi connectivity index (χ3n) is 2.87. The van der Waals surface area contributed by atoms with Crippen molar-refractivity contribution in [3.05, 3.63) is 40.7 Å². The first kappa shape index (κ1) is 13.9. The Hall–Kier alpha value is -1.15. The third kappa shape index (κ3) is 4.31. The second kappa shape index (κ2) is 6.55. The smallest absolute Gasteiger partial charge is 0.126 e. The highest BCUT2D eigenvalue weighted by atomic mass is 19.1. The summed E-state index contributed by atoms with van der Waals surface area (Å²) in [6.07, 6.45) is 2.08. The van der Waals surface area contributed by atoms with Crippen LogP contribution in [0.3, 0.4) is 0 Å². The van der Waals surface area contributed by atoms with Crippen molar-refractivity contribution >= 4 is 6.08 Å². The van der Waals surface area contributed by atoms with E-state index in [9.17, 15) is 4.39 Å². The van der Waals surface area contributed by atoms with Crippen molar-refractivity contribution in [2.45, 2.75) is 27.7 Å². The molecule has 0 aliphatic carbocycles. The lowest BCUT2D eigenvalue weighted by Crippen LogP contribution is -2.18. The molecule has 0 aliphatic rings. The fraction of sp³-hybridized carbons (Fsp3) is 0.467. The summed E-state index contributed by atoms with van der Waals surface area (Å²) >= 11 is 0. The number of hydrogen-bond acceptors (Lipinski definition) is 1. The largest absolute Gasteiger partial charge is 0.313 e. The highest BCUT2D eigenvalue weighted by Gasteiger charge is 2.04. The van der Waals surface area contributed by atoms with Gasteiger partial charge in [-0.1, -0.05) is 44.6 Å². The molecule has 2 heteroatoms. The highest BCUT2D eigenvalue weighted by molar-refractivity contribution is 5.54. The molecule has 0 heterocycles. The average Bonchev–Trinajstić information content (AvgIpc) is 2.28. The molecule has 0 saturated carbocycles. The van der Waals surface area contributed by atoms with Gasteiger partial charge in [0, 0.05) is 6.54 Å². The molecule has 17 heavy (non-hydrogen) atoms. The van der Waals surface area contributed by atoms with Crippen LogP contribution in [0.4, 0.5) is 4.39 Å². The molecule has 0 spiro atoms. The monoisotopic (exact) mass is 235 g/mol. The summed E-state index contributed by atoms with van der Waals surface area (Å²) in [4.78, 5) is 0. The SMILES string of the molecule is CCNCC(=Cc1ccc(C)c(F)c1)C(C)C. The van der Waals surface area contributed by atoms with Gasteiger partial charge in [0.05, 0.1) is 0 Å². The molecule has 0 bridgehead atoms. The molecule has 0 saturated heterocycles. The first-order valence-corrected chi connectivity index (χ1v) is 6.22. The number of rotatable bonds is 5. The van der Waals surface area contributed by atoms with Gasteiger partial charge in [0.2, 0.25) is 0 Å². The molecule has 0 atom stereocenters. The molecule has 0 aliphatic heterocycles. The predicted octanol–water partition coefficient (Wildman–Crippen LogP) is 3.78. The van der Waals surface area contributed by atoms with Crippen molar-refractivity contribution in [2.24, 2.45) is 5.92 Å². The van der Waals surface area contributed by atoms with Crippen LogP contribution in [0, 0.1) is 18.7 Å². The Bertz CT molecular complexity index is 394. The Kier molecular flexibility index (Phi) is 5.36. The highest BCUT2D eigenvalue weighted by Crippen LogP contribution is 2.16. The predicted molar refractivity (Wildman–Crippen MR) is 72.5 cm³/mol. The summed E-state index contributed by atoms with van der Waals surface area (Å²) in [7, 11) is 0. The van der Waals surface area contributed by atoms with Gasteiger partial charge in [0.1, 0.15) is 5.82 Å². The minimum atomic E-state index is -0.134. The fourth-order valence-corrected chi connectivity index (χ4v) is 1.60. The summed E-state index contributed by atoms with van der Waals surface area (Å²) in [5.41, 5.74) is 2.93. The minimum absolute atomic E-state index is 0.134. The quantitative estimate of drug-likeness (QED) is 0.819. The Morgan fingerprint density at radius 2 is 2.12 bits per heavy atom. The first-order valence-electron chi connectivity index (χ1n) is 6.22. The molecule has 1 rings (SSSR count). The minimum Gasteiger partial charge on any atom is -0.313 e. The van der Waals surface area contributed by atoms with Gasteiger partial charge in [-0.3, -0.25) is 0 Å². The van der Waals surface area contributed by atoms with E-state index in [0.29, 0.717) is 11.5 Å². The van der Waals surface area contributed by atoms with Crippen molar-refractivity contribution in [1.82, 2.24) is 5.32 Å². The van der Waals surface area contributed by atoms with E-state index in [0.717, 1.165) is 18.7 Å². The fourth-order valence-electron chi connectivity index (χ4n) is 1.60. The summed E-state index contributed by atoms with van der Waals surface area (Å²) in [6.45, 7) is 10.0. The molecule has 1 aromatic carbocycles. The Labute approximate surface area is 104 Å². The van der Waals surface area contributed by atoms with E-state index < -0.39 is 0 Å². The Balaban J connectivity index is 2.91. The van der Waals surface area contributed by atoms with Crippen molar-refractivity contribution < 1.29 is 4.39 Å². The maximum atomic E-state index is 13.4. The van der Waals surface area contributed by atoms with Gasteiger partial charge >= 0.3 is 0 Å². The standard InChI is InChI=1S/C15H22FN/c1-5-17-10-14(11(2)3)8-13-7-6-12(4)15(16)9-13/h6-9,11,17H,5,10H2,1-4H3. The zero-order valence-corrected chi connectivity index (χ0v) is 11.2. The van der Waals surface area contributed by atoms with Crippen molar-refractivity contribution in [1.29, 1.82) is 0 Å². The number of aryl methyl sites for hydroxylation is 1. The van der Waals surface area contributed by atoms with Crippen LogP contribution in [0.1, 0.15) is 31.9 Å². The van der Waals surface area contributed by atoms with Gasteiger partial charge in [-0.25, -0.2) is 4.39 Å². The summed E-state index contributed by atoms with van der Waals surface area (Å²) in [5.74, 6) is 0.337. The second-order valence-corrected chi connectivity index (χ2v) is 4.66. The van der Waals surface area contributed by atoms with Crippen LogP contribution in [0.15, 0.2) is 23.8 Å². The molecular formula is C15H22FN. The van der Waals surface area contributed by atoms with Crippen LogP contribution in [-0.2, 0) is 0 Å². The maximum Gasteiger partial charge on any atom is 0.126 e. The van der Waals surface area contributed by atoms with E-state index in [2.05, 4.69) is 32.2 Å². The third-order valence-corrected chi connectivity index (χ3v) is 2.87. The molecule has 1 N–H and O–H groups in total. The van der Waals surface area contributed by atoms with Crippen LogP contribution >= 0.6 is 0 Å². The first-order chi connectivity index (χ1) is 8.04. The molecular weight excluding hydrogens is 213 g/mol. The van der Waals surface area contributed by atoms with E-state index in [1.165, 1.54) is 5.57 Å². The van der Waals surface area contributed by atoms with Gasteiger partial charge in [-0.05, 0) is 36.6 Å². The van der Waals surface area contributed by atoms with Crippen LogP contribution < -0.4 is 5.32 Å². The zero-order chi connectivity index (χ0) is 12.8. The molecule has 94 valence electrons. The number of hydrogen-bond donors (Lipinski definition) is 1. The average molecular weight is 235 g/mol. The molecule has 0 fully saturated rings. The van der Waals surface area contributed by atoms with Gasteiger partial charge in [0.15, 0.2) is 0 Å². The second-order valence-electron chi connectivity index (χ2n) is 4.66. The van der Waals surface area contributed by atoms with Crippen molar-refractivity contribution in [3.63, 3.8) is 0 Å². The van der Waals surface area contributed by atoms with E-state index in [1.54, 1.807) is 13.0 Å². The molecule has 0 aromatic heterocycles. The summed E-state index contributed by atoms with van der Waals surface area (Å²) in [5, 5.41) is 3.31. The lowest BCUT2D eigenvalue weighted by atomic mass is 9.99. The van der Waals surface area contributed by atoms with Gasteiger partial charge < -0.3 is 5.32 Å². The Morgan fingerprint density at radius 1 is 1.41 bits per heavy atom. The molecule has 1 aromatic rings. The Morgan fingerprint density at radius 3 is 2.65 bits per heavy atom. The molecule has 1 nitrogen and oxygen atoms in total. The topological polar surface area (TPSA) is 12.0 Å². The number of benzene rings is 1. The van der Waals surface area contributed by atoms with E-state index in [1.807, 2.05) is 12.1 Å². The maximum absolute atomic E-state index is 13.4. The van der Waals surface area contributed by atoms with Crippen molar-refractivity contribution in [2.75, 3.05) is 13.1 Å². The van der Waals surface area contributed by atoms with Crippen molar-refractivity contribution in [3.8, 4) is 0 Å².